The van der Waals surface area contributed by atoms with Crippen LogP contribution in [-0.4, -0.2) is 34.0 Å². The summed E-state index contributed by atoms with van der Waals surface area (Å²) in [7, 11) is 0. The molecular weight excluding hydrogens is 412 g/mol. The molecule has 0 saturated heterocycles. The lowest BCUT2D eigenvalue weighted by Gasteiger charge is -2.05. The van der Waals surface area contributed by atoms with E-state index >= 15 is 0 Å². The summed E-state index contributed by atoms with van der Waals surface area (Å²) in [5.41, 5.74) is 4.97. The molecule has 27 heavy (non-hydrogen) atoms. The molecule has 3 N–H and O–H groups in total. The van der Waals surface area contributed by atoms with Crippen molar-refractivity contribution in [3.63, 3.8) is 0 Å². The minimum absolute atomic E-state index is 0.0518. The Morgan fingerprint density at radius 2 is 2.07 bits per heavy atom. The van der Waals surface area contributed by atoms with E-state index < -0.39 is 5.91 Å². The quantitative estimate of drug-likeness (QED) is 0.411. The number of rotatable bonds is 6. The molecule has 1 heterocycles. The van der Waals surface area contributed by atoms with Gasteiger partial charge >= 0.3 is 0 Å². The number of carbonyl (C=O) groups excluding carboxylic acids is 1. The first kappa shape index (κ1) is 18.7. The number of phenolic OH excluding ortho intramolecular Hbond substituents is 1. The van der Waals surface area contributed by atoms with Crippen LogP contribution in [0.4, 0.5) is 0 Å². The Morgan fingerprint density at radius 3 is 2.81 bits per heavy atom. The first-order valence-electron chi connectivity index (χ1n) is 8.17. The lowest BCUT2D eigenvalue weighted by atomic mass is 10.1. The number of halogens is 1. The van der Waals surface area contributed by atoms with Crippen molar-refractivity contribution in [2.45, 2.75) is 6.92 Å². The van der Waals surface area contributed by atoms with Crippen molar-refractivity contribution >= 4 is 28.1 Å². The van der Waals surface area contributed by atoms with E-state index in [1.165, 1.54) is 12.3 Å². The van der Waals surface area contributed by atoms with Crippen molar-refractivity contribution < 1.29 is 14.6 Å². The molecule has 138 valence electrons. The van der Waals surface area contributed by atoms with Crippen molar-refractivity contribution in [1.82, 2.24) is 15.6 Å². The topological polar surface area (TPSA) is 99.6 Å². The number of amides is 1. The summed E-state index contributed by atoms with van der Waals surface area (Å²) >= 11 is 3.38. The molecule has 3 rings (SSSR count). The Hall–Kier alpha value is -3.13. The Labute approximate surface area is 164 Å². The Kier molecular flexibility index (Phi) is 5.87. The molecule has 0 radical (unpaired) electrons. The summed E-state index contributed by atoms with van der Waals surface area (Å²) in [6, 6.07) is 14.1. The number of hydrogen-bond donors (Lipinski definition) is 3. The fourth-order valence-corrected chi connectivity index (χ4v) is 2.58. The summed E-state index contributed by atoms with van der Waals surface area (Å²) in [4.78, 5) is 12.2. The maximum absolute atomic E-state index is 12.2. The SMILES string of the molecule is CCOc1cc(/C=N\NC(=O)c2cc(-c3ccc(Br)cc3)n[nH]2)ccc1O. The van der Waals surface area contributed by atoms with Gasteiger partial charge in [-0.05, 0) is 48.9 Å². The van der Waals surface area contributed by atoms with E-state index in [1.54, 1.807) is 18.2 Å². The first-order valence-corrected chi connectivity index (χ1v) is 8.96. The summed E-state index contributed by atoms with van der Waals surface area (Å²) in [5.74, 6) is 0.00220. The second-order valence-electron chi connectivity index (χ2n) is 5.53. The molecule has 0 saturated carbocycles. The second-order valence-corrected chi connectivity index (χ2v) is 6.45. The van der Waals surface area contributed by atoms with E-state index in [1.807, 2.05) is 31.2 Å². The van der Waals surface area contributed by atoms with E-state index in [9.17, 15) is 9.90 Å². The van der Waals surface area contributed by atoms with Gasteiger partial charge in [0.25, 0.3) is 5.91 Å². The maximum atomic E-state index is 12.2. The number of hydrazone groups is 1. The van der Waals surface area contributed by atoms with Crippen molar-refractivity contribution in [1.29, 1.82) is 0 Å². The largest absolute Gasteiger partial charge is 0.504 e. The molecular formula is C19H17BrN4O3. The molecule has 0 spiro atoms. The van der Waals surface area contributed by atoms with Gasteiger partial charge in [0.1, 0.15) is 5.69 Å². The second kappa shape index (κ2) is 8.50. The van der Waals surface area contributed by atoms with Crippen LogP contribution < -0.4 is 10.2 Å². The van der Waals surface area contributed by atoms with E-state index in [4.69, 9.17) is 4.74 Å². The number of aromatic nitrogens is 2. The molecule has 0 aliphatic heterocycles. The smallest absolute Gasteiger partial charge is 0.289 e. The predicted molar refractivity (Wildman–Crippen MR) is 106 cm³/mol. The number of nitrogens with zero attached hydrogens (tertiary/aromatic N) is 2. The van der Waals surface area contributed by atoms with E-state index in [-0.39, 0.29) is 5.75 Å². The van der Waals surface area contributed by atoms with Crippen molar-refractivity contribution in [2.75, 3.05) is 6.61 Å². The monoisotopic (exact) mass is 428 g/mol. The van der Waals surface area contributed by atoms with Gasteiger partial charge < -0.3 is 9.84 Å². The van der Waals surface area contributed by atoms with Crippen molar-refractivity contribution in [2.24, 2.45) is 5.10 Å². The average Bonchev–Trinajstić information content (AvgIpc) is 3.15. The molecule has 2 aromatic carbocycles. The molecule has 0 fully saturated rings. The number of aromatic amines is 1. The van der Waals surface area contributed by atoms with Gasteiger partial charge in [-0.15, -0.1) is 0 Å². The zero-order valence-electron chi connectivity index (χ0n) is 14.4. The minimum Gasteiger partial charge on any atom is -0.504 e. The van der Waals surface area contributed by atoms with Gasteiger partial charge in [0.05, 0.1) is 18.5 Å². The molecule has 7 nitrogen and oxygen atoms in total. The summed E-state index contributed by atoms with van der Waals surface area (Å²) in [6.45, 7) is 2.26. The number of aromatic hydroxyl groups is 1. The zero-order chi connectivity index (χ0) is 19.2. The first-order chi connectivity index (χ1) is 13.1. The minimum atomic E-state index is -0.411. The summed E-state index contributed by atoms with van der Waals surface area (Å²) in [5, 5.41) is 20.5. The fourth-order valence-electron chi connectivity index (χ4n) is 2.31. The molecule has 0 atom stereocenters. The third kappa shape index (κ3) is 4.73. The predicted octanol–water partition coefficient (Wildman–Crippen LogP) is 3.71. The van der Waals surface area contributed by atoms with E-state index in [0.717, 1.165) is 10.0 Å². The summed E-state index contributed by atoms with van der Waals surface area (Å²) < 4.78 is 6.28. The molecule has 0 aliphatic carbocycles. The van der Waals surface area contributed by atoms with Gasteiger partial charge in [-0.25, -0.2) is 5.43 Å². The van der Waals surface area contributed by atoms with Crippen LogP contribution in [0.25, 0.3) is 11.3 Å². The van der Waals surface area contributed by atoms with E-state index in [2.05, 4.69) is 36.7 Å². The molecule has 0 aliphatic rings. The van der Waals surface area contributed by atoms with Crippen molar-refractivity contribution in [3.05, 3.63) is 64.3 Å². The van der Waals surface area contributed by atoms with Crippen LogP contribution in [0, 0.1) is 0 Å². The van der Waals surface area contributed by atoms with Crippen molar-refractivity contribution in [3.8, 4) is 22.8 Å². The van der Waals surface area contributed by atoms with Crippen LogP contribution in [-0.2, 0) is 0 Å². The Morgan fingerprint density at radius 1 is 1.30 bits per heavy atom. The number of benzene rings is 2. The van der Waals surface area contributed by atoms with Gasteiger partial charge in [0, 0.05) is 10.0 Å². The lowest BCUT2D eigenvalue weighted by Crippen LogP contribution is -2.18. The normalized spacial score (nSPS) is 10.9. The molecule has 1 amide bonds. The van der Waals surface area contributed by atoms with Crippen LogP contribution in [0.1, 0.15) is 23.0 Å². The molecule has 1 aromatic heterocycles. The summed E-state index contributed by atoms with van der Waals surface area (Å²) in [6.07, 6.45) is 1.46. The lowest BCUT2D eigenvalue weighted by molar-refractivity contribution is 0.0950. The van der Waals surface area contributed by atoms with Crippen LogP contribution in [0.15, 0.2) is 58.1 Å². The standard InChI is InChI=1S/C19H17BrN4O3/c1-2-27-18-9-12(3-8-17(18)25)11-21-24-19(26)16-10-15(22-23-16)13-4-6-14(20)7-5-13/h3-11,25H,2H2,1H3,(H,22,23)(H,24,26)/b21-11-. The molecule has 0 unspecified atom stereocenters. The fraction of sp³-hybridized carbons (Fsp3) is 0.105. The van der Waals surface area contributed by atoms with Crippen LogP contribution in [0.3, 0.4) is 0 Å². The Balaban J connectivity index is 1.65. The number of carbonyl (C=O) groups is 1. The highest BCUT2D eigenvalue weighted by Gasteiger charge is 2.10. The number of phenols is 1. The average molecular weight is 429 g/mol. The molecule has 3 aromatic rings. The highest BCUT2D eigenvalue weighted by Crippen LogP contribution is 2.26. The number of ether oxygens (including phenoxy) is 1. The maximum Gasteiger partial charge on any atom is 0.289 e. The molecule has 8 heteroatoms. The molecule has 0 bridgehead atoms. The number of hydrogen-bond acceptors (Lipinski definition) is 5. The highest BCUT2D eigenvalue weighted by molar-refractivity contribution is 9.10. The number of H-pyrrole nitrogens is 1. The van der Waals surface area contributed by atoms with E-state index in [0.29, 0.717) is 29.3 Å². The van der Waals surface area contributed by atoms with Gasteiger partial charge in [0.15, 0.2) is 11.5 Å². The van der Waals surface area contributed by atoms with Crippen LogP contribution in [0.5, 0.6) is 11.5 Å². The van der Waals surface area contributed by atoms with Crippen LogP contribution in [0.2, 0.25) is 0 Å². The third-order valence-electron chi connectivity index (χ3n) is 3.63. The zero-order valence-corrected chi connectivity index (χ0v) is 16.0. The third-order valence-corrected chi connectivity index (χ3v) is 4.15. The van der Waals surface area contributed by atoms with Gasteiger partial charge in [0.2, 0.25) is 0 Å². The van der Waals surface area contributed by atoms with Gasteiger partial charge in [-0.2, -0.15) is 10.2 Å². The van der Waals surface area contributed by atoms with Crippen LogP contribution >= 0.6 is 15.9 Å². The highest BCUT2D eigenvalue weighted by atomic mass is 79.9. The Bertz CT molecular complexity index is 967. The van der Waals surface area contributed by atoms with Gasteiger partial charge in [-0.1, -0.05) is 28.1 Å². The van der Waals surface area contributed by atoms with Gasteiger partial charge in [-0.3, -0.25) is 9.89 Å². The number of nitrogens with one attached hydrogen (secondary N) is 2.